The average Bonchev–Trinajstić information content (AvgIpc) is 2.43. The SMILES string of the molecule is CCSc1cccc(Oc2c(N)cccc2F)c1C#N. The molecule has 0 saturated heterocycles. The van der Waals surface area contributed by atoms with Crippen LogP contribution in [-0.2, 0) is 0 Å². The van der Waals surface area contributed by atoms with Crippen molar-refractivity contribution < 1.29 is 9.13 Å². The Morgan fingerprint density at radius 3 is 2.70 bits per heavy atom. The highest BCUT2D eigenvalue weighted by Crippen LogP contribution is 2.35. The predicted octanol–water partition coefficient (Wildman–Crippen LogP) is 4.18. The number of nitrogens with two attached hydrogens (primary N) is 1. The third-order valence-corrected chi connectivity index (χ3v) is 3.55. The molecule has 0 atom stereocenters. The second-order valence-corrected chi connectivity index (χ2v) is 5.24. The van der Waals surface area contributed by atoms with Gasteiger partial charge in [0, 0.05) is 4.90 Å². The van der Waals surface area contributed by atoms with Crippen molar-refractivity contribution in [1.82, 2.24) is 0 Å². The summed E-state index contributed by atoms with van der Waals surface area (Å²) < 4.78 is 19.2. The van der Waals surface area contributed by atoms with Crippen molar-refractivity contribution in [1.29, 1.82) is 5.26 Å². The van der Waals surface area contributed by atoms with E-state index in [4.69, 9.17) is 10.5 Å². The molecule has 0 saturated carbocycles. The van der Waals surface area contributed by atoms with Crippen molar-refractivity contribution in [2.75, 3.05) is 11.5 Å². The Balaban J connectivity index is 2.44. The third-order valence-electron chi connectivity index (χ3n) is 2.61. The molecule has 0 aromatic heterocycles. The van der Waals surface area contributed by atoms with Gasteiger partial charge in [-0.1, -0.05) is 19.1 Å². The number of hydrogen-bond donors (Lipinski definition) is 1. The minimum atomic E-state index is -0.553. The number of benzene rings is 2. The number of hydrogen-bond acceptors (Lipinski definition) is 4. The summed E-state index contributed by atoms with van der Waals surface area (Å²) in [6, 6.07) is 11.7. The molecule has 0 fully saturated rings. The molecule has 0 heterocycles. The Morgan fingerprint density at radius 1 is 1.30 bits per heavy atom. The van der Waals surface area contributed by atoms with Gasteiger partial charge in [0.2, 0.25) is 0 Å². The Labute approximate surface area is 121 Å². The van der Waals surface area contributed by atoms with Gasteiger partial charge in [0.05, 0.1) is 5.69 Å². The first-order valence-corrected chi connectivity index (χ1v) is 7.03. The summed E-state index contributed by atoms with van der Waals surface area (Å²) in [5, 5.41) is 9.27. The van der Waals surface area contributed by atoms with Crippen LogP contribution in [0.1, 0.15) is 12.5 Å². The Morgan fingerprint density at radius 2 is 2.05 bits per heavy atom. The van der Waals surface area contributed by atoms with E-state index in [2.05, 4.69) is 6.07 Å². The molecule has 102 valence electrons. The number of nitrogens with zero attached hydrogens (tertiary/aromatic N) is 1. The van der Waals surface area contributed by atoms with Crippen LogP contribution < -0.4 is 10.5 Å². The van der Waals surface area contributed by atoms with Crippen LogP contribution >= 0.6 is 11.8 Å². The van der Waals surface area contributed by atoms with Gasteiger partial charge in [-0.15, -0.1) is 11.8 Å². The van der Waals surface area contributed by atoms with Crippen molar-refractivity contribution in [3.63, 3.8) is 0 Å². The molecule has 0 unspecified atom stereocenters. The van der Waals surface area contributed by atoms with Gasteiger partial charge < -0.3 is 10.5 Å². The molecule has 0 radical (unpaired) electrons. The lowest BCUT2D eigenvalue weighted by Gasteiger charge is -2.12. The van der Waals surface area contributed by atoms with Crippen LogP contribution in [0.3, 0.4) is 0 Å². The van der Waals surface area contributed by atoms with Crippen LogP contribution in [-0.4, -0.2) is 5.75 Å². The zero-order chi connectivity index (χ0) is 14.5. The van der Waals surface area contributed by atoms with Crippen molar-refractivity contribution >= 4 is 17.4 Å². The molecule has 2 aromatic carbocycles. The first kappa shape index (κ1) is 14.2. The number of rotatable bonds is 4. The summed E-state index contributed by atoms with van der Waals surface area (Å²) >= 11 is 1.53. The summed E-state index contributed by atoms with van der Waals surface area (Å²) in [4.78, 5) is 0.808. The highest BCUT2D eigenvalue weighted by molar-refractivity contribution is 7.99. The second-order valence-electron chi connectivity index (χ2n) is 3.93. The standard InChI is InChI=1S/C15H13FN2OS/c1-2-20-14-8-4-7-13(10(14)9-17)19-15-11(16)5-3-6-12(15)18/h3-8H,2,18H2,1H3. The lowest BCUT2D eigenvalue weighted by Crippen LogP contribution is -1.97. The molecule has 0 bridgehead atoms. The summed E-state index contributed by atoms with van der Waals surface area (Å²) in [5.74, 6) is 0.535. The number of nitriles is 1. The quantitative estimate of drug-likeness (QED) is 0.677. The van der Waals surface area contributed by atoms with Crippen molar-refractivity contribution in [3.8, 4) is 17.6 Å². The topological polar surface area (TPSA) is 59.0 Å². The Bertz CT molecular complexity index is 647. The van der Waals surface area contributed by atoms with Gasteiger partial charge in [0.25, 0.3) is 0 Å². The van der Waals surface area contributed by atoms with E-state index in [-0.39, 0.29) is 11.4 Å². The van der Waals surface area contributed by atoms with Crippen LogP contribution in [0.4, 0.5) is 10.1 Å². The summed E-state index contributed by atoms with van der Waals surface area (Å²) in [6.45, 7) is 1.99. The molecular formula is C15H13FN2OS. The van der Waals surface area contributed by atoms with Crippen LogP contribution in [0.2, 0.25) is 0 Å². The van der Waals surface area contributed by atoms with Gasteiger partial charge in [-0.3, -0.25) is 0 Å². The second kappa shape index (κ2) is 6.31. The molecule has 3 nitrogen and oxygen atoms in total. The van der Waals surface area contributed by atoms with Crippen molar-refractivity contribution in [3.05, 3.63) is 47.8 Å². The van der Waals surface area contributed by atoms with E-state index in [0.29, 0.717) is 11.3 Å². The number of ether oxygens (including phenoxy) is 1. The van der Waals surface area contributed by atoms with Crippen molar-refractivity contribution in [2.45, 2.75) is 11.8 Å². The molecule has 2 N–H and O–H groups in total. The predicted molar refractivity (Wildman–Crippen MR) is 78.4 cm³/mol. The monoisotopic (exact) mass is 288 g/mol. The smallest absolute Gasteiger partial charge is 0.185 e. The molecule has 0 aliphatic heterocycles. The average molecular weight is 288 g/mol. The van der Waals surface area contributed by atoms with Crippen LogP contribution in [0.15, 0.2) is 41.3 Å². The Kier molecular flexibility index (Phi) is 4.49. The molecule has 0 spiro atoms. The summed E-state index contributed by atoms with van der Waals surface area (Å²) in [5.41, 5.74) is 6.29. The molecule has 2 rings (SSSR count). The molecule has 2 aromatic rings. The maximum Gasteiger partial charge on any atom is 0.185 e. The van der Waals surface area contributed by atoms with Crippen molar-refractivity contribution in [2.24, 2.45) is 0 Å². The first-order valence-electron chi connectivity index (χ1n) is 6.05. The van der Waals surface area contributed by atoms with Gasteiger partial charge in [-0.05, 0) is 30.0 Å². The minimum absolute atomic E-state index is 0.0531. The zero-order valence-corrected chi connectivity index (χ0v) is 11.7. The molecule has 0 amide bonds. The van der Waals surface area contributed by atoms with E-state index in [1.54, 1.807) is 18.2 Å². The fraction of sp³-hybridized carbons (Fsp3) is 0.133. The van der Waals surface area contributed by atoms with Gasteiger partial charge in [0.1, 0.15) is 17.4 Å². The number of nitrogen functional groups attached to an aromatic ring is 1. The van der Waals surface area contributed by atoms with E-state index < -0.39 is 5.82 Å². The number of halogens is 1. The maximum atomic E-state index is 13.7. The van der Waals surface area contributed by atoms with Crippen LogP contribution in [0.25, 0.3) is 0 Å². The van der Waals surface area contributed by atoms with E-state index >= 15 is 0 Å². The van der Waals surface area contributed by atoms with E-state index in [1.165, 1.54) is 23.9 Å². The van der Waals surface area contributed by atoms with E-state index in [0.717, 1.165) is 10.6 Å². The minimum Gasteiger partial charge on any atom is -0.451 e. The number of para-hydroxylation sites is 1. The van der Waals surface area contributed by atoms with Crippen LogP contribution in [0, 0.1) is 17.1 Å². The first-order chi connectivity index (χ1) is 9.67. The highest BCUT2D eigenvalue weighted by atomic mass is 32.2. The Hall–Kier alpha value is -2.19. The van der Waals surface area contributed by atoms with Gasteiger partial charge in [-0.2, -0.15) is 5.26 Å². The largest absolute Gasteiger partial charge is 0.451 e. The molecule has 0 aliphatic carbocycles. The fourth-order valence-electron chi connectivity index (χ4n) is 1.73. The zero-order valence-electron chi connectivity index (χ0n) is 10.9. The van der Waals surface area contributed by atoms with Crippen LogP contribution in [0.5, 0.6) is 11.5 Å². The maximum absolute atomic E-state index is 13.7. The fourth-order valence-corrected chi connectivity index (χ4v) is 2.50. The molecule has 0 aliphatic rings. The van der Waals surface area contributed by atoms with Gasteiger partial charge >= 0.3 is 0 Å². The molecule has 5 heteroatoms. The highest BCUT2D eigenvalue weighted by Gasteiger charge is 2.14. The number of anilines is 1. The summed E-state index contributed by atoms with van der Waals surface area (Å²) in [7, 11) is 0. The molecule has 20 heavy (non-hydrogen) atoms. The third kappa shape index (κ3) is 2.86. The number of thioether (sulfide) groups is 1. The van der Waals surface area contributed by atoms with E-state index in [1.807, 2.05) is 13.0 Å². The lowest BCUT2D eigenvalue weighted by molar-refractivity contribution is 0.442. The summed E-state index contributed by atoms with van der Waals surface area (Å²) in [6.07, 6.45) is 0. The normalized spacial score (nSPS) is 10.1. The van der Waals surface area contributed by atoms with Gasteiger partial charge in [-0.25, -0.2) is 4.39 Å². The van der Waals surface area contributed by atoms with Gasteiger partial charge in [0.15, 0.2) is 11.6 Å². The molecular weight excluding hydrogens is 275 g/mol. The van der Waals surface area contributed by atoms with E-state index in [9.17, 15) is 9.65 Å². The lowest BCUT2D eigenvalue weighted by atomic mass is 10.2.